The van der Waals surface area contributed by atoms with Crippen molar-refractivity contribution >= 4 is 18.4 Å². The summed E-state index contributed by atoms with van der Waals surface area (Å²) in [5.74, 6) is 0.363. The number of hydrogen-bond donors (Lipinski definition) is 2. The Bertz CT molecular complexity index is 753. The number of phenolic OH excluding ortho intramolecular Hbond substituents is 1. The van der Waals surface area contributed by atoms with Crippen molar-refractivity contribution in [3.63, 3.8) is 0 Å². The van der Waals surface area contributed by atoms with Crippen LogP contribution in [-0.2, 0) is 10.8 Å². The van der Waals surface area contributed by atoms with Gasteiger partial charge in [-0.05, 0) is 40.7 Å². The second kappa shape index (κ2) is 5.92. The molecule has 2 N–H and O–H groups in total. The van der Waals surface area contributed by atoms with E-state index in [1.807, 2.05) is 12.1 Å². The lowest BCUT2D eigenvalue weighted by molar-refractivity contribution is 0.423. The highest BCUT2D eigenvalue weighted by atomic mass is 32.1. The number of aromatic amines is 1. The first kappa shape index (κ1) is 17.4. The third-order valence-electron chi connectivity index (χ3n) is 3.61. The Morgan fingerprint density at radius 1 is 1.13 bits per heavy atom. The van der Waals surface area contributed by atoms with Gasteiger partial charge < -0.3 is 5.11 Å². The van der Waals surface area contributed by atoms with Gasteiger partial charge in [-0.2, -0.15) is 14.9 Å². The Balaban J connectivity index is 2.59. The van der Waals surface area contributed by atoms with E-state index in [-0.39, 0.29) is 10.8 Å². The number of nitrogens with one attached hydrogen (secondary N) is 1. The summed E-state index contributed by atoms with van der Waals surface area (Å²) in [6.07, 6.45) is 3.25. The van der Waals surface area contributed by atoms with E-state index >= 15 is 0 Å². The molecule has 1 aromatic carbocycles. The third kappa shape index (κ3) is 3.88. The highest BCUT2D eigenvalue weighted by Gasteiger charge is 2.26. The van der Waals surface area contributed by atoms with Crippen LogP contribution >= 0.6 is 12.2 Å². The maximum absolute atomic E-state index is 10.7. The van der Waals surface area contributed by atoms with Gasteiger partial charge in [-0.25, -0.2) is 0 Å². The molecule has 1 aromatic heterocycles. The Hall–Kier alpha value is -1.95. The molecule has 0 saturated heterocycles. The number of phenols is 1. The highest BCUT2D eigenvalue weighted by Crippen LogP contribution is 2.39. The molecule has 5 nitrogen and oxygen atoms in total. The number of nitrogens with zero attached hydrogens (tertiary/aromatic N) is 3. The molecule has 0 atom stereocenters. The fourth-order valence-corrected chi connectivity index (χ4v) is 2.48. The van der Waals surface area contributed by atoms with Crippen LogP contribution in [0.1, 0.15) is 58.2 Å². The van der Waals surface area contributed by atoms with Gasteiger partial charge in [0.25, 0.3) is 0 Å². The SMILES string of the molecule is CC(C)(C)c1cc(C=Nn2cn[nH]c2=S)cc(C(C)(C)C)c1O. The molecule has 0 bridgehead atoms. The number of aromatic hydroxyl groups is 1. The number of aromatic nitrogens is 3. The molecule has 1 heterocycles. The average Bonchev–Trinajstić information content (AvgIpc) is 2.80. The van der Waals surface area contributed by atoms with Crippen molar-refractivity contribution in [3.05, 3.63) is 39.9 Å². The first-order valence-electron chi connectivity index (χ1n) is 7.54. The minimum absolute atomic E-state index is 0.167. The fourth-order valence-electron chi connectivity index (χ4n) is 2.33. The molecule has 0 spiro atoms. The van der Waals surface area contributed by atoms with Gasteiger partial charge in [-0.1, -0.05) is 41.5 Å². The molecule has 0 fully saturated rings. The van der Waals surface area contributed by atoms with Crippen molar-refractivity contribution in [1.29, 1.82) is 0 Å². The average molecular weight is 332 g/mol. The monoisotopic (exact) mass is 332 g/mol. The molecule has 0 aliphatic heterocycles. The normalized spacial score (nSPS) is 13.0. The summed E-state index contributed by atoms with van der Waals surface area (Å²) in [4.78, 5) is 0. The summed E-state index contributed by atoms with van der Waals surface area (Å²) in [7, 11) is 0. The van der Waals surface area contributed by atoms with Crippen LogP contribution in [0.15, 0.2) is 23.6 Å². The number of rotatable bonds is 2. The maximum atomic E-state index is 10.7. The van der Waals surface area contributed by atoms with Gasteiger partial charge in [0.15, 0.2) is 0 Å². The molecule has 23 heavy (non-hydrogen) atoms. The molecule has 0 saturated carbocycles. The highest BCUT2D eigenvalue weighted by molar-refractivity contribution is 7.71. The van der Waals surface area contributed by atoms with Gasteiger partial charge in [-0.15, -0.1) is 0 Å². The van der Waals surface area contributed by atoms with Crippen LogP contribution in [0.25, 0.3) is 0 Å². The van der Waals surface area contributed by atoms with Gasteiger partial charge in [0.2, 0.25) is 4.77 Å². The van der Waals surface area contributed by atoms with Gasteiger partial charge in [-0.3, -0.25) is 5.10 Å². The van der Waals surface area contributed by atoms with Crippen molar-refractivity contribution < 1.29 is 5.11 Å². The lowest BCUT2D eigenvalue weighted by atomic mass is 9.78. The Morgan fingerprint density at radius 3 is 2.04 bits per heavy atom. The lowest BCUT2D eigenvalue weighted by Crippen LogP contribution is -2.17. The van der Waals surface area contributed by atoms with Crippen molar-refractivity contribution in [2.45, 2.75) is 52.4 Å². The van der Waals surface area contributed by atoms with Crippen LogP contribution in [-0.4, -0.2) is 26.2 Å². The summed E-state index contributed by atoms with van der Waals surface area (Å²) >= 11 is 5.08. The van der Waals surface area contributed by atoms with Crippen LogP contribution in [0.2, 0.25) is 0 Å². The molecular weight excluding hydrogens is 308 g/mol. The van der Waals surface area contributed by atoms with Crippen molar-refractivity contribution in [2.24, 2.45) is 5.10 Å². The summed E-state index contributed by atoms with van der Waals surface area (Å²) in [6, 6.07) is 3.94. The van der Waals surface area contributed by atoms with Crippen LogP contribution in [0.3, 0.4) is 0 Å². The zero-order valence-electron chi connectivity index (χ0n) is 14.5. The Kier molecular flexibility index (Phi) is 4.48. The number of H-pyrrole nitrogens is 1. The van der Waals surface area contributed by atoms with E-state index in [9.17, 15) is 5.11 Å². The third-order valence-corrected chi connectivity index (χ3v) is 3.89. The van der Waals surface area contributed by atoms with E-state index < -0.39 is 0 Å². The zero-order chi connectivity index (χ0) is 17.4. The minimum atomic E-state index is -0.167. The Morgan fingerprint density at radius 2 is 1.65 bits per heavy atom. The molecule has 6 heteroatoms. The lowest BCUT2D eigenvalue weighted by Gasteiger charge is -2.27. The standard InChI is InChI=1S/C17H24N4OS/c1-16(2,3)12-7-11(8-13(14(12)22)17(4,5)6)9-19-21-10-18-20-15(21)23/h7-10,22H,1-6H3,(H,20,23). The summed E-state index contributed by atoms with van der Waals surface area (Å²) in [5.41, 5.74) is 2.39. The molecule has 0 aliphatic rings. The predicted octanol–water partition coefficient (Wildman–Crippen LogP) is 4.12. The Labute approximate surface area is 142 Å². The van der Waals surface area contributed by atoms with Crippen LogP contribution in [0.4, 0.5) is 0 Å². The van der Waals surface area contributed by atoms with E-state index in [1.165, 1.54) is 11.0 Å². The van der Waals surface area contributed by atoms with E-state index in [0.717, 1.165) is 16.7 Å². The quantitative estimate of drug-likeness (QED) is 0.642. The van der Waals surface area contributed by atoms with E-state index in [2.05, 4.69) is 56.8 Å². The van der Waals surface area contributed by atoms with Crippen LogP contribution in [0, 0.1) is 4.77 Å². The largest absolute Gasteiger partial charge is 0.507 e. The number of benzene rings is 1. The first-order valence-corrected chi connectivity index (χ1v) is 7.95. The second-order valence-electron chi connectivity index (χ2n) is 7.72. The molecule has 2 aromatic rings. The minimum Gasteiger partial charge on any atom is -0.507 e. The summed E-state index contributed by atoms with van der Waals surface area (Å²) in [5, 5.41) is 21.5. The molecule has 0 amide bonds. The van der Waals surface area contributed by atoms with Crippen molar-refractivity contribution in [3.8, 4) is 5.75 Å². The van der Waals surface area contributed by atoms with Gasteiger partial charge in [0.05, 0.1) is 6.21 Å². The molecule has 2 rings (SSSR count). The fraction of sp³-hybridized carbons (Fsp3) is 0.471. The molecule has 124 valence electrons. The second-order valence-corrected chi connectivity index (χ2v) is 8.10. The van der Waals surface area contributed by atoms with Crippen molar-refractivity contribution in [2.75, 3.05) is 0 Å². The van der Waals surface area contributed by atoms with Gasteiger partial charge in [0, 0.05) is 11.1 Å². The molecule has 0 unspecified atom stereocenters. The topological polar surface area (TPSA) is 66.2 Å². The van der Waals surface area contributed by atoms with E-state index in [1.54, 1.807) is 6.21 Å². The van der Waals surface area contributed by atoms with Crippen molar-refractivity contribution in [1.82, 2.24) is 14.9 Å². The van der Waals surface area contributed by atoms with Crippen LogP contribution < -0.4 is 0 Å². The predicted molar refractivity (Wildman–Crippen MR) is 95.9 cm³/mol. The molecule has 0 aliphatic carbocycles. The molecular formula is C17H24N4OS. The smallest absolute Gasteiger partial charge is 0.216 e. The summed E-state index contributed by atoms with van der Waals surface area (Å²) in [6.45, 7) is 12.5. The molecule has 0 radical (unpaired) electrons. The van der Waals surface area contributed by atoms with Gasteiger partial charge >= 0.3 is 0 Å². The van der Waals surface area contributed by atoms with Gasteiger partial charge in [0.1, 0.15) is 12.1 Å². The van der Waals surface area contributed by atoms with Crippen LogP contribution in [0.5, 0.6) is 5.75 Å². The van der Waals surface area contributed by atoms with E-state index in [4.69, 9.17) is 12.2 Å². The zero-order valence-corrected chi connectivity index (χ0v) is 15.3. The van der Waals surface area contributed by atoms with E-state index in [0.29, 0.717) is 10.5 Å². The first-order chi connectivity index (χ1) is 10.5. The maximum Gasteiger partial charge on any atom is 0.216 e. The summed E-state index contributed by atoms with van der Waals surface area (Å²) < 4.78 is 1.93. The number of hydrogen-bond acceptors (Lipinski definition) is 4.